The number of amides is 1. The molecular weight excluding hydrogens is 294 g/mol. The molecule has 1 fully saturated rings. The van der Waals surface area contributed by atoms with Crippen LogP contribution >= 0.6 is 12.2 Å². The molecule has 0 aliphatic carbocycles. The predicted octanol–water partition coefficient (Wildman–Crippen LogP) is 2.83. The maximum atomic E-state index is 12.7. The number of hydrogen-bond donors (Lipinski definition) is 0. The molecule has 0 aromatic heterocycles. The van der Waals surface area contributed by atoms with Crippen LogP contribution in [0.3, 0.4) is 0 Å². The standard InChI is InChI=1S/C17H19N3OS/c1-4-19-13-9-7-6-8-12(13)10-11-14(19)15-16(21)20(5-2)17(22)18(15)3/h6-11H,4-5H2,1-3H3/b15-14+. The lowest BCUT2D eigenvalue weighted by Gasteiger charge is -2.31. The summed E-state index contributed by atoms with van der Waals surface area (Å²) in [6.07, 6.45) is 4.07. The maximum Gasteiger partial charge on any atom is 0.278 e. The zero-order chi connectivity index (χ0) is 15.9. The molecule has 1 saturated heterocycles. The highest BCUT2D eigenvalue weighted by molar-refractivity contribution is 7.80. The first-order valence-corrected chi connectivity index (χ1v) is 7.89. The van der Waals surface area contributed by atoms with Gasteiger partial charge in [0.25, 0.3) is 5.91 Å². The molecule has 1 aromatic carbocycles. The molecule has 0 bridgehead atoms. The average molecular weight is 313 g/mol. The molecule has 2 heterocycles. The number of para-hydroxylation sites is 1. The zero-order valence-corrected chi connectivity index (χ0v) is 13.9. The third-order valence-electron chi connectivity index (χ3n) is 4.12. The molecular formula is C17H19N3OS. The number of carbonyl (C=O) groups is 1. The van der Waals surface area contributed by atoms with Crippen LogP contribution < -0.4 is 4.90 Å². The third kappa shape index (κ3) is 2.04. The van der Waals surface area contributed by atoms with Crippen LogP contribution in [-0.4, -0.2) is 41.0 Å². The first-order valence-electron chi connectivity index (χ1n) is 7.48. The Labute approximate surface area is 136 Å². The van der Waals surface area contributed by atoms with E-state index in [-0.39, 0.29) is 5.91 Å². The number of likely N-dealkylation sites (N-methyl/N-ethyl adjacent to an activating group) is 3. The van der Waals surface area contributed by atoms with Crippen molar-refractivity contribution < 1.29 is 4.79 Å². The van der Waals surface area contributed by atoms with Crippen molar-refractivity contribution in [3.8, 4) is 0 Å². The number of benzene rings is 1. The Bertz CT molecular complexity index is 708. The van der Waals surface area contributed by atoms with Crippen LogP contribution in [0.1, 0.15) is 19.4 Å². The Kier molecular flexibility index (Phi) is 3.74. The van der Waals surface area contributed by atoms with Crippen molar-refractivity contribution in [1.82, 2.24) is 9.80 Å². The molecule has 0 atom stereocenters. The molecule has 3 rings (SSSR count). The third-order valence-corrected chi connectivity index (χ3v) is 4.61. The summed E-state index contributed by atoms with van der Waals surface area (Å²) in [5.74, 6) is -0.0209. The Morgan fingerprint density at radius 1 is 1.05 bits per heavy atom. The van der Waals surface area contributed by atoms with Crippen LogP contribution in [0, 0.1) is 0 Å². The van der Waals surface area contributed by atoms with Crippen LogP contribution in [-0.2, 0) is 4.79 Å². The first-order chi connectivity index (χ1) is 10.6. The van der Waals surface area contributed by atoms with E-state index in [1.807, 2.05) is 37.1 Å². The quantitative estimate of drug-likeness (QED) is 0.620. The van der Waals surface area contributed by atoms with E-state index in [0.29, 0.717) is 17.4 Å². The Morgan fingerprint density at radius 2 is 1.73 bits per heavy atom. The summed E-state index contributed by atoms with van der Waals surface area (Å²) in [6, 6.07) is 8.21. The minimum absolute atomic E-state index is 0.0209. The largest absolute Gasteiger partial charge is 0.339 e. The summed E-state index contributed by atoms with van der Waals surface area (Å²) in [4.78, 5) is 18.3. The number of allylic oxidation sites excluding steroid dienone is 1. The minimum atomic E-state index is -0.0209. The highest BCUT2D eigenvalue weighted by atomic mass is 32.1. The van der Waals surface area contributed by atoms with E-state index in [1.54, 1.807) is 4.90 Å². The predicted molar refractivity (Wildman–Crippen MR) is 93.3 cm³/mol. The van der Waals surface area contributed by atoms with Crippen LogP contribution in [0.2, 0.25) is 0 Å². The lowest BCUT2D eigenvalue weighted by Crippen LogP contribution is -2.30. The summed E-state index contributed by atoms with van der Waals surface area (Å²) < 4.78 is 0. The van der Waals surface area contributed by atoms with Gasteiger partial charge in [-0.2, -0.15) is 0 Å². The number of anilines is 1. The van der Waals surface area contributed by atoms with Gasteiger partial charge in [0.2, 0.25) is 0 Å². The zero-order valence-electron chi connectivity index (χ0n) is 13.0. The van der Waals surface area contributed by atoms with Gasteiger partial charge in [-0.25, -0.2) is 0 Å². The van der Waals surface area contributed by atoms with Gasteiger partial charge in [0.05, 0.1) is 5.70 Å². The van der Waals surface area contributed by atoms with Gasteiger partial charge in [-0.05, 0) is 43.8 Å². The highest BCUT2D eigenvalue weighted by Crippen LogP contribution is 2.34. The van der Waals surface area contributed by atoms with E-state index in [2.05, 4.69) is 30.0 Å². The molecule has 0 N–H and O–H groups in total. The van der Waals surface area contributed by atoms with Crippen LogP contribution in [0.15, 0.2) is 41.7 Å². The number of nitrogens with zero attached hydrogens (tertiary/aromatic N) is 3. The second-order valence-electron chi connectivity index (χ2n) is 5.26. The van der Waals surface area contributed by atoms with E-state index in [4.69, 9.17) is 12.2 Å². The van der Waals surface area contributed by atoms with E-state index in [1.165, 1.54) is 0 Å². The van der Waals surface area contributed by atoms with Crippen molar-refractivity contribution in [2.24, 2.45) is 0 Å². The van der Waals surface area contributed by atoms with Crippen LogP contribution in [0.5, 0.6) is 0 Å². The second-order valence-corrected chi connectivity index (χ2v) is 5.63. The second kappa shape index (κ2) is 5.57. The summed E-state index contributed by atoms with van der Waals surface area (Å²) in [5, 5.41) is 0.568. The average Bonchev–Trinajstić information content (AvgIpc) is 2.75. The molecule has 2 aliphatic heterocycles. The van der Waals surface area contributed by atoms with Gasteiger partial charge in [-0.1, -0.05) is 24.3 Å². The summed E-state index contributed by atoms with van der Waals surface area (Å²) in [7, 11) is 1.86. The molecule has 1 amide bonds. The Balaban J connectivity index is 2.16. The highest BCUT2D eigenvalue weighted by Gasteiger charge is 2.38. The van der Waals surface area contributed by atoms with Crippen molar-refractivity contribution in [2.45, 2.75) is 13.8 Å². The molecule has 5 heteroatoms. The molecule has 22 heavy (non-hydrogen) atoms. The van der Waals surface area contributed by atoms with Gasteiger partial charge < -0.3 is 9.80 Å². The number of rotatable bonds is 2. The van der Waals surface area contributed by atoms with E-state index in [0.717, 1.165) is 23.5 Å². The SMILES string of the molecule is CCN1C(=O)/C(=C2/C=Cc3ccccc3N2CC)N(C)C1=S. The van der Waals surface area contributed by atoms with Crippen molar-refractivity contribution in [3.63, 3.8) is 0 Å². The fourth-order valence-electron chi connectivity index (χ4n) is 3.01. The number of fused-ring (bicyclic) bond motifs is 1. The maximum absolute atomic E-state index is 12.7. The van der Waals surface area contributed by atoms with Gasteiger partial charge in [0.1, 0.15) is 5.70 Å². The lowest BCUT2D eigenvalue weighted by atomic mass is 10.0. The van der Waals surface area contributed by atoms with Crippen molar-refractivity contribution in [3.05, 3.63) is 47.3 Å². The van der Waals surface area contributed by atoms with Gasteiger partial charge in [0.15, 0.2) is 5.11 Å². The molecule has 114 valence electrons. The molecule has 0 saturated carbocycles. The fraction of sp³-hybridized carbons (Fsp3) is 0.294. The van der Waals surface area contributed by atoms with Gasteiger partial charge in [0, 0.05) is 25.8 Å². The van der Waals surface area contributed by atoms with Crippen molar-refractivity contribution in [2.75, 3.05) is 25.0 Å². The van der Waals surface area contributed by atoms with Crippen LogP contribution in [0.4, 0.5) is 5.69 Å². The fourth-order valence-corrected chi connectivity index (χ4v) is 3.31. The van der Waals surface area contributed by atoms with Crippen molar-refractivity contribution >= 4 is 35.0 Å². The summed E-state index contributed by atoms with van der Waals surface area (Å²) >= 11 is 5.39. The molecule has 1 aromatic rings. The van der Waals surface area contributed by atoms with Crippen molar-refractivity contribution in [1.29, 1.82) is 0 Å². The van der Waals surface area contributed by atoms with Gasteiger partial charge in [-0.3, -0.25) is 9.69 Å². The smallest absolute Gasteiger partial charge is 0.278 e. The summed E-state index contributed by atoms with van der Waals surface area (Å²) in [5.41, 5.74) is 3.85. The van der Waals surface area contributed by atoms with Crippen LogP contribution in [0.25, 0.3) is 6.08 Å². The monoisotopic (exact) mass is 313 g/mol. The minimum Gasteiger partial charge on any atom is -0.339 e. The van der Waals surface area contributed by atoms with Gasteiger partial charge in [-0.15, -0.1) is 0 Å². The molecule has 2 aliphatic rings. The Morgan fingerprint density at radius 3 is 2.36 bits per heavy atom. The normalized spacial score (nSPS) is 21.0. The molecule has 4 nitrogen and oxygen atoms in total. The molecule has 0 spiro atoms. The number of hydrogen-bond acceptors (Lipinski definition) is 3. The van der Waals surface area contributed by atoms with E-state index >= 15 is 0 Å². The van der Waals surface area contributed by atoms with E-state index < -0.39 is 0 Å². The molecule has 0 unspecified atom stereocenters. The summed E-state index contributed by atoms with van der Waals surface area (Å²) in [6.45, 7) is 5.41. The first kappa shape index (κ1) is 14.8. The molecule has 0 radical (unpaired) electrons. The lowest BCUT2D eigenvalue weighted by molar-refractivity contribution is -0.122. The Hall–Kier alpha value is -2.14. The number of carbonyl (C=O) groups excluding carboxylic acids is 1. The topological polar surface area (TPSA) is 26.8 Å². The van der Waals surface area contributed by atoms with E-state index in [9.17, 15) is 4.79 Å². The number of thiocarbonyl (C=S) groups is 1. The van der Waals surface area contributed by atoms with Gasteiger partial charge >= 0.3 is 0 Å².